The molecule has 0 aromatic carbocycles. The monoisotopic (exact) mass is 326 g/mol. The molecule has 0 radical (unpaired) electrons. The van der Waals surface area contributed by atoms with Gasteiger partial charge in [-0.25, -0.2) is 14.4 Å². The van der Waals surface area contributed by atoms with Crippen LogP contribution in [0.25, 0.3) is 0 Å². The van der Waals surface area contributed by atoms with Crippen molar-refractivity contribution in [1.82, 2.24) is 0 Å². The lowest BCUT2D eigenvalue weighted by Gasteiger charge is -2.54. The van der Waals surface area contributed by atoms with Gasteiger partial charge < -0.3 is 28.8 Å². The van der Waals surface area contributed by atoms with Gasteiger partial charge in [-0.1, -0.05) is 0 Å². The van der Waals surface area contributed by atoms with Crippen molar-refractivity contribution < 1.29 is 43.2 Å². The fourth-order valence-corrected chi connectivity index (χ4v) is 3.39. The maximum absolute atomic E-state index is 12.5. The Morgan fingerprint density at radius 2 is 2.04 bits per heavy atom. The lowest BCUT2D eigenvalue weighted by atomic mass is 9.77. The smallest absolute Gasteiger partial charge is 0.345 e. The first-order valence-electron chi connectivity index (χ1n) is 7.06. The van der Waals surface area contributed by atoms with E-state index in [1.807, 2.05) is 0 Å². The van der Waals surface area contributed by atoms with Crippen LogP contribution in [0.2, 0.25) is 0 Å². The van der Waals surface area contributed by atoms with E-state index in [1.165, 1.54) is 14.0 Å². The van der Waals surface area contributed by atoms with Crippen LogP contribution in [0.3, 0.4) is 0 Å². The number of hydrogen-bond acceptors (Lipinski definition) is 9. The fourth-order valence-electron chi connectivity index (χ4n) is 3.39. The third kappa shape index (κ3) is 1.54. The lowest BCUT2D eigenvalue weighted by molar-refractivity contribution is -0.328. The standard InChI is InChI=1S/C14H14O9/c1-13-11(17)22-8-6(15)3-5(10(16)19-2)7-9(8)23-14(13,4-20-13)12(18)21-7/h3,6-9,15H,4H2,1-2H3/t6-,7-,8-,9-,13-,14+/m1/s1. The van der Waals surface area contributed by atoms with Gasteiger partial charge in [0.25, 0.3) is 0 Å². The molecule has 0 unspecified atom stereocenters. The zero-order chi connectivity index (χ0) is 16.6. The Labute approximate surface area is 130 Å². The molecule has 3 heterocycles. The molecular formula is C14H14O9. The second-order valence-electron chi connectivity index (χ2n) is 6.03. The Morgan fingerprint density at radius 3 is 2.65 bits per heavy atom. The predicted octanol–water partition coefficient (Wildman–Crippen LogP) is -1.78. The second kappa shape index (κ2) is 4.31. The summed E-state index contributed by atoms with van der Waals surface area (Å²) in [6.45, 7) is 1.21. The summed E-state index contributed by atoms with van der Waals surface area (Å²) in [5.41, 5.74) is -3.32. The van der Waals surface area contributed by atoms with Crippen LogP contribution < -0.4 is 0 Å². The average Bonchev–Trinajstić information content (AvgIpc) is 2.58. The minimum absolute atomic E-state index is 0.0515. The largest absolute Gasteiger partial charge is 0.466 e. The molecule has 4 rings (SSSR count). The number of aliphatic hydroxyl groups is 1. The zero-order valence-corrected chi connectivity index (χ0v) is 12.3. The van der Waals surface area contributed by atoms with Crippen LogP contribution >= 0.6 is 0 Å². The van der Waals surface area contributed by atoms with E-state index in [2.05, 4.69) is 4.74 Å². The molecule has 9 heteroatoms. The third-order valence-electron chi connectivity index (χ3n) is 4.91. The third-order valence-corrected chi connectivity index (χ3v) is 4.91. The van der Waals surface area contributed by atoms with Crippen LogP contribution in [0, 0.1) is 0 Å². The molecule has 4 aliphatic rings. The fraction of sp³-hybridized carbons (Fsp3) is 0.643. The average molecular weight is 326 g/mol. The highest BCUT2D eigenvalue weighted by Crippen LogP contribution is 2.50. The minimum Gasteiger partial charge on any atom is -0.466 e. The molecular weight excluding hydrogens is 312 g/mol. The first-order chi connectivity index (χ1) is 10.8. The van der Waals surface area contributed by atoms with Crippen molar-refractivity contribution in [2.45, 2.75) is 42.5 Å². The summed E-state index contributed by atoms with van der Waals surface area (Å²) >= 11 is 0. The van der Waals surface area contributed by atoms with Crippen LogP contribution in [0.1, 0.15) is 6.92 Å². The highest BCUT2D eigenvalue weighted by atomic mass is 16.7. The van der Waals surface area contributed by atoms with Gasteiger partial charge in [-0.05, 0) is 13.0 Å². The van der Waals surface area contributed by atoms with E-state index >= 15 is 0 Å². The molecule has 0 aromatic rings. The second-order valence-corrected chi connectivity index (χ2v) is 6.03. The summed E-state index contributed by atoms with van der Waals surface area (Å²) in [6, 6.07) is 0. The molecule has 3 fully saturated rings. The van der Waals surface area contributed by atoms with Gasteiger partial charge in [-0.15, -0.1) is 0 Å². The maximum Gasteiger partial charge on any atom is 0.345 e. The van der Waals surface area contributed by atoms with Gasteiger partial charge in [-0.3, -0.25) is 0 Å². The van der Waals surface area contributed by atoms with Gasteiger partial charge >= 0.3 is 17.9 Å². The molecule has 6 atom stereocenters. The highest BCUT2D eigenvalue weighted by molar-refractivity contribution is 5.97. The first-order valence-corrected chi connectivity index (χ1v) is 7.06. The Bertz CT molecular complexity index is 655. The zero-order valence-electron chi connectivity index (χ0n) is 12.3. The molecule has 23 heavy (non-hydrogen) atoms. The van der Waals surface area contributed by atoms with Crippen molar-refractivity contribution in [3.63, 3.8) is 0 Å². The Hall–Kier alpha value is -1.97. The van der Waals surface area contributed by atoms with Gasteiger partial charge in [0, 0.05) is 0 Å². The maximum atomic E-state index is 12.5. The number of ether oxygens (including phenoxy) is 5. The topological polar surface area (TPSA) is 118 Å². The van der Waals surface area contributed by atoms with Gasteiger partial charge in [0.15, 0.2) is 12.2 Å². The normalized spacial score (nSPS) is 47.2. The van der Waals surface area contributed by atoms with Crippen LogP contribution in [0.5, 0.6) is 0 Å². The number of methoxy groups -OCH3 is 1. The molecule has 1 N–H and O–H groups in total. The van der Waals surface area contributed by atoms with E-state index < -0.39 is 53.5 Å². The number of rotatable bonds is 1. The Kier molecular flexibility index (Phi) is 2.74. The molecule has 2 bridgehead atoms. The van der Waals surface area contributed by atoms with Gasteiger partial charge in [0.05, 0.1) is 19.3 Å². The van der Waals surface area contributed by atoms with Crippen LogP contribution in [0.15, 0.2) is 11.6 Å². The van der Waals surface area contributed by atoms with E-state index in [0.717, 1.165) is 6.08 Å². The van der Waals surface area contributed by atoms with Crippen molar-refractivity contribution in [2.24, 2.45) is 0 Å². The van der Waals surface area contributed by atoms with Crippen molar-refractivity contribution in [3.8, 4) is 0 Å². The molecule has 9 nitrogen and oxygen atoms in total. The van der Waals surface area contributed by atoms with Crippen LogP contribution in [-0.2, 0) is 38.1 Å². The highest BCUT2D eigenvalue weighted by Gasteiger charge is 2.77. The van der Waals surface area contributed by atoms with Crippen molar-refractivity contribution >= 4 is 17.9 Å². The molecule has 3 aliphatic heterocycles. The summed E-state index contributed by atoms with van der Waals surface area (Å²) < 4.78 is 26.4. The van der Waals surface area contributed by atoms with E-state index in [1.54, 1.807) is 0 Å². The Balaban J connectivity index is 1.83. The van der Waals surface area contributed by atoms with Crippen molar-refractivity contribution in [3.05, 3.63) is 11.6 Å². The molecule has 0 aromatic heterocycles. The van der Waals surface area contributed by atoms with Crippen LogP contribution in [-0.4, -0.2) is 72.3 Å². The summed E-state index contributed by atoms with van der Waals surface area (Å²) in [7, 11) is 1.17. The van der Waals surface area contributed by atoms with Crippen molar-refractivity contribution in [1.29, 1.82) is 0 Å². The SMILES string of the molecule is COC(=O)C1=C[C@@H](O)[C@H]2OC(=O)[C@@]3(C)OC[C@@]34O[C@@H]2[C@@H]1OC4=O. The molecule has 124 valence electrons. The summed E-state index contributed by atoms with van der Waals surface area (Å²) in [5.74, 6) is -2.39. The summed E-state index contributed by atoms with van der Waals surface area (Å²) in [6.07, 6.45) is -3.40. The van der Waals surface area contributed by atoms with E-state index in [-0.39, 0.29) is 12.2 Å². The molecule has 0 amide bonds. The van der Waals surface area contributed by atoms with E-state index in [4.69, 9.17) is 18.9 Å². The summed E-state index contributed by atoms with van der Waals surface area (Å²) in [4.78, 5) is 36.7. The number of esters is 3. The number of carbonyl (C=O) groups excluding carboxylic acids is 3. The Morgan fingerprint density at radius 1 is 1.30 bits per heavy atom. The van der Waals surface area contributed by atoms with E-state index in [0.29, 0.717) is 0 Å². The predicted molar refractivity (Wildman–Crippen MR) is 67.8 cm³/mol. The molecule has 1 aliphatic carbocycles. The molecule has 3 saturated heterocycles. The number of carbonyl (C=O) groups is 3. The lowest BCUT2D eigenvalue weighted by Crippen LogP contribution is -2.78. The van der Waals surface area contributed by atoms with Crippen molar-refractivity contribution in [2.75, 3.05) is 13.7 Å². The van der Waals surface area contributed by atoms with Crippen LogP contribution in [0.4, 0.5) is 0 Å². The van der Waals surface area contributed by atoms with Gasteiger partial charge in [0.2, 0.25) is 11.2 Å². The minimum atomic E-state index is -1.64. The molecule has 0 saturated carbocycles. The summed E-state index contributed by atoms with van der Waals surface area (Å²) in [5, 5.41) is 10.2. The first kappa shape index (κ1) is 14.6. The molecule has 1 spiro atoms. The van der Waals surface area contributed by atoms with Gasteiger partial charge in [-0.2, -0.15) is 0 Å². The van der Waals surface area contributed by atoms with E-state index in [9.17, 15) is 19.5 Å². The van der Waals surface area contributed by atoms with Gasteiger partial charge in [0.1, 0.15) is 12.2 Å². The number of hydrogen-bond donors (Lipinski definition) is 1. The number of aliphatic hydroxyl groups excluding tert-OH is 1. The quantitative estimate of drug-likeness (QED) is 0.441.